The van der Waals surface area contributed by atoms with Crippen molar-refractivity contribution in [3.63, 3.8) is 0 Å². The van der Waals surface area contributed by atoms with Crippen LogP contribution in [0, 0.1) is 12.8 Å². The van der Waals surface area contributed by atoms with Crippen LogP contribution in [0.25, 0.3) is 0 Å². The van der Waals surface area contributed by atoms with Gasteiger partial charge in [0.15, 0.2) is 5.69 Å². The van der Waals surface area contributed by atoms with Crippen molar-refractivity contribution in [2.24, 2.45) is 5.92 Å². The van der Waals surface area contributed by atoms with Crippen molar-refractivity contribution >= 4 is 11.3 Å². The van der Waals surface area contributed by atoms with Gasteiger partial charge in [-0.3, -0.25) is 0 Å². The van der Waals surface area contributed by atoms with Crippen molar-refractivity contribution in [1.82, 2.24) is 10.3 Å². The van der Waals surface area contributed by atoms with E-state index in [0.717, 1.165) is 25.9 Å². The first-order valence-corrected chi connectivity index (χ1v) is 6.52. The smallest absolute Gasteiger partial charge is 0.316 e. The Labute approximate surface area is 102 Å². The zero-order valence-electron chi connectivity index (χ0n) is 9.60. The van der Waals surface area contributed by atoms with Crippen molar-refractivity contribution < 1.29 is 13.2 Å². The van der Waals surface area contributed by atoms with Crippen molar-refractivity contribution in [1.29, 1.82) is 0 Å². The van der Waals surface area contributed by atoms with Gasteiger partial charge in [-0.05, 0) is 38.8 Å². The summed E-state index contributed by atoms with van der Waals surface area (Å²) in [7, 11) is 0. The molecular formula is C11H15F3N2S. The standard InChI is InChI=1S/C11H15F3N2S/c1-7-10(11(12,13)14)16-9(17-7)5-8-3-2-4-15-6-8/h8,15H,2-6H2,1H3. The molecule has 0 saturated carbocycles. The monoisotopic (exact) mass is 264 g/mol. The van der Waals surface area contributed by atoms with Crippen LogP contribution >= 0.6 is 11.3 Å². The van der Waals surface area contributed by atoms with E-state index in [0.29, 0.717) is 17.3 Å². The molecule has 1 fully saturated rings. The summed E-state index contributed by atoms with van der Waals surface area (Å²) < 4.78 is 37.7. The molecule has 2 rings (SSSR count). The third kappa shape index (κ3) is 3.19. The van der Waals surface area contributed by atoms with Gasteiger partial charge in [0.05, 0.1) is 5.01 Å². The molecule has 1 aromatic rings. The lowest BCUT2D eigenvalue weighted by molar-refractivity contribution is -0.141. The van der Waals surface area contributed by atoms with Gasteiger partial charge >= 0.3 is 6.18 Å². The Morgan fingerprint density at radius 2 is 2.24 bits per heavy atom. The van der Waals surface area contributed by atoms with Crippen molar-refractivity contribution in [2.75, 3.05) is 13.1 Å². The fourth-order valence-electron chi connectivity index (χ4n) is 2.15. The SMILES string of the molecule is Cc1sc(CC2CCCNC2)nc1C(F)(F)F. The van der Waals surface area contributed by atoms with Crippen LogP contribution in [0.5, 0.6) is 0 Å². The summed E-state index contributed by atoms with van der Waals surface area (Å²) in [6.07, 6.45) is -1.48. The van der Waals surface area contributed by atoms with E-state index >= 15 is 0 Å². The number of hydrogen-bond donors (Lipinski definition) is 1. The van der Waals surface area contributed by atoms with Crippen molar-refractivity contribution in [3.8, 4) is 0 Å². The van der Waals surface area contributed by atoms with Gasteiger partial charge in [-0.1, -0.05) is 0 Å². The number of piperidine rings is 1. The molecule has 1 N–H and O–H groups in total. The molecule has 17 heavy (non-hydrogen) atoms. The maximum Gasteiger partial charge on any atom is 0.434 e. The van der Waals surface area contributed by atoms with Crippen LogP contribution in [-0.2, 0) is 12.6 Å². The van der Waals surface area contributed by atoms with Crippen LogP contribution in [0.4, 0.5) is 13.2 Å². The molecule has 2 heterocycles. The Bertz CT molecular complexity index is 381. The first kappa shape index (κ1) is 12.8. The summed E-state index contributed by atoms with van der Waals surface area (Å²) in [5.74, 6) is 0.426. The maximum atomic E-state index is 12.6. The number of thiazole rings is 1. The lowest BCUT2D eigenvalue weighted by Gasteiger charge is -2.21. The molecule has 96 valence electrons. The zero-order chi connectivity index (χ0) is 12.5. The summed E-state index contributed by atoms with van der Waals surface area (Å²) in [5.41, 5.74) is -0.707. The number of aryl methyl sites for hydroxylation is 1. The Morgan fingerprint density at radius 3 is 2.76 bits per heavy atom. The third-order valence-corrected chi connectivity index (χ3v) is 3.96. The second-order valence-corrected chi connectivity index (χ2v) is 5.71. The number of aromatic nitrogens is 1. The summed E-state index contributed by atoms with van der Waals surface area (Å²) in [4.78, 5) is 4.02. The second-order valence-electron chi connectivity index (χ2n) is 4.43. The van der Waals surface area contributed by atoms with E-state index in [1.807, 2.05) is 0 Å². The number of hydrogen-bond acceptors (Lipinski definition) is 3. The van der Waals surface area contributed by atoms with E-state index in [1.54, 1.807) is 0 Å². The Morgan fingerprint density at radius 1 is 1.47 bits per heavy atom. The lowest BCUT2D eigenvalue weighted by atomic mass is 9.97. The third-order valence-electron chi connectivity index (χ3n) is 2.97. The average Bonchev–Trinajstić information content (AvgIpc) is 2.60. The predicted octanol–water partition coefficient (Wildman–Crippen LogP) is 3.01. The number of alkyl halides is 3. The van der Waals surface area contributed by atoms with Gasteiger partial charge in [0.25, 0.3) is 0 Å². The topological polar surface area (TPSA) is 24.9 Å². The Balaban J connectivity index is 2.06. The number of nitrogens with zero attached hydrogens (tertiary/aromatic N) is 1. The van der Waals surface area contributed by atoms with Crippen LogP contribution in [-0.4, -0.2) is 18.1 Å². The highest BCUT2D eigenvalue weighted by Crippen LogP contribution is 2.34. The van der Waals surface area contributed by atoms with E-state index in [-0.39, 0.29) is 4.88 Å². The molecule has 2 nitrogen and oxygen atoms in total. The molecule has 0 radical (unpaired) electrons. The van der Waals surface area contributed by atoms with Gasteiger partial charge < -0.3 is 5.32 Å². The Kier molecular flexibility index (Phi) is 3.73. The fourth-order valence-corrected chi connectivity index (χ4v) is 3.21. The van der Waals surface area contributed by atoms with Gasteiger partial charge in [-0.15, -0.1) is 11.3 Å². The first-order valence-electron chi connectivity index (χ1n) is 5.71. The van der Waals surface area contributed by atoms with Crippen LogP contribution in [0.3, 0.4) is 0 Å². The zero-order valence-corrected chi connectivity index (χ0v) is 10.4. The lowest BCUT2D eigenvalue weighted by Crippen LogP contribution is -2.30. The highest BCUT2D eigenvalue weighted by molar-refractivity contribution is 7.11. The first-order chi connectivity index (χ1) is 7.97. The molecule has 0 aromatic carbocycles. The maximum absolute atomic E-state index is 12.6. The van der Waals surface area contributed by atoms with Crippen LogP contribution in [0.15, 0.2) is 0 Å². The summed E-state index contributed by atoms with van der Waals surface area (Å²) in [6, 6.07) is 0. The minimum absolute atomic E-state index is 0.274. The molecule has 0 spiro atoms. The van der Waals surface area contributed by atoms with Crippen LogP contribution < -0.4 is 5.32 Å². The predicted molar refractivity (Wildman–Crippen MR) is 61.2 cm³/mol. The molecule has 1 aromatic heterocycles. The molecule has 0 amide bonds. The van der Waals surface area contributed by atoms with E-state index in [1.165, 1.54) is 18.3 Å². The van der Waals surface area contributed by atoms with E-state index in [2.05, 4.69) is 10.3 Å². The fraction of sp³-hybridized carbons (Fsp3) is 0.727. The van der Waals surface area contributed by atoms with Crippen LogP contribution in [0.2, 0.25) is 0 Å². The number of rotatable bonds is 2. The van der Waals surface area contributed by atoms with Crippen molar-refractivity contribution in [2.45, 2.75) is 32.4 Å². The summed E-state index contributed by atoms with van der Waals surface area (Å²) in [5, 5.41) is 3.88. The highest BCUT2D eigenvalue weighted by Gasteiger charge is 2.36. The molecule has 6 heteroatoms. The second kappa shape index (κ2) is 4.94. The number of nitrogens with one attached hydrogen (secondary N) is 1. The Hall–Kier alpha value is -0.620. The van der Waals surface area contributed by atoms with Gasteiger partial charge in [0, 0.05) is 11.3 Å². The van der Waals surface area contributed by atoms with E-state index in [9.17, 15) is 13.2 Å². The minimum Gasteiger partial charge on any atom is -0.316 e. The molecule has 0 bridgehead atoms. The summed E-state index contributed by atoms with van der Waals surface area (Å²) >= 11 is 1.18. The number of halogens is 3. The van der Waals surface area contributed by atoms with Gasteiger partial charge in [0.1, 0.15) is 0 Å². The normalized spacial score (nSPS) is 21.8. The van der Waals surface area contributed by atoms with Crippen molar-refractivity contribution in [3.05, 3.63) is 15.6 Å². The van der Waals surface area contributed by atoms with E-state index < -0.39 is 11.9 Å². The average molecular weight is 264 g/mol. The molecule has 0 aliphatic carbocycles. The molecule has 1 aliphatic rings. The quantitative estimate of drug-likeness (QED) is 0.888. The molecule has 1 aliphatic heterocycles. The largest absolute Gasteiger partial charge is 0.434 e. The molecule has 1 atom stereocenters. The van der Waals surface area contributed by atoms with Gasteiger partial charge in [-0.2, -0.15) is 13.2 Å². The minimum atomic E-state index is -4.32. The van der Waals surface area contributed by atoms with E-state index in [4.69, 9.17) is 0 Å². The summed E-state index contributed by atoms with van der Waals surface area (Å²) in [6.45, 7) is 3.39. The molecule has 1 unspecified atom stereocenters. The van der Waals surface area contributed by atoms with Gasteiger partial charge in [0.2, 0.25) is 0 Å². The molecule has 1 saturated heterocycles. The molecular weight excluding hydrogens is 249 g/mol. The highest BCUT2D eigenvalue weighted by atomic mass is 32.1. The van der Waals surface area contributed by atoms with Gasteiger partial charge in [-0.25, -0.2) is 4.98 Å². The van der Waals surface area contributed by atoms with Crippen LogP contribution in [0.1, 0.15) is 28.4 Å².